The zero-order chi connectivity index (χ0) is 14.0. The molecule has 1 aliphatic rings. The van der Waals surface area contributed by atoms with Crippen molar-refractivity contribution in [3.8, 4) is 0 Å². The van der Waals surface area contributed by atoms with Gasteiger partial charge in [0, 0.05) is 31.0 Å². The van der Waals surface area contributed by atoms with Crippen LogP contribution >= 0.6 is 0 Å². The van der Waals surface area contributed by atoms with Gasteiger partial charge in [-0.25, -0.2) is 4.98 Å². The molecule has 5 nitrogen and oxygen atoms in total. The van der Waals surface area contributed by atoms with Crippen LogP contribution in [-0.2, 0) is 16.8 Å². The topological polar surface area (TPSA) is 58.4 Å². The molecule has 0 spiro atoms. The number of oxazole rings is 1. The number of carbonyl (C=O) groups is 1. The lowest BCUT2D eigenvalue weighted by Crippen LogP contribution is -2.33. The van der Waals surface area contributed by atoms with Gasteiger partial charge in [0.25, 0.3) is 0 Å². The normalized spacial score (nSPS) is 22.1. The van der Waals surface area contributed by atoms with Crippen molar-refractivity contribution >= 4 is 5.91 Å². The van der Waals surface area contributed by atoms with Crippen molar-refractivity contribution in [2.24, 2.45) is 0 Å². The fraction of sp³-hybridized carbons (Fsp3) is 0.714. The van der Waals surface area contributed by atoms with Gasteiger partial charge in [0.2, 0.25) is 11.8 Å². The molecule has 1 aliphatic heterocycles. The average Bonchev–Trinajstić information content (AvgIpc) is 2.69. The molecule has 2 heterocycles. The third-order valence-electron chi connectivity index (χ3n) is 3.48. The minimum absolute atomic E-state index is 0.00365. The molecule has 2 rings (SSSR count). The Morgan fingerprint density at radius 1 is 1.53 bits per heavy atom. The number of aromatic nitrogens is 1. The van der Waals surface area contributed by atoms with Gasteiger partial charge in [0.1, 0.15) is 6.26 Å². The first-order chi connectivity index (χ1) is 8.86. The summed E-state index contributed by atoms with van der Waals surface area (Å²) in [5.74, 6) is 0.851. The van der Waals surface area contributed by atoms with Crippen LogP contribution in [0.2, 0.25) is 0 Å². The van der Waals surface area contributed by atoms with Crippen LogP contribution in [0.4, 0.5) is 0 Å². The van der Waals surface area contributed by atoms with Crippen LogP contribution in [0, 0.1) is 0 Å². The maximum Gasteiger partial charge on any atom is 0.221 e. The third kappa shape index (κ3) is 3.56. The molecular formula is C14H23N3O2. The second-order valence-corrected chi connectivity index (χ2v) is 6.25. The van der Waals surface area contributed by atoms with Crippen LogP contribution in [0.25, 0.3) is 0 Å². The molecule has 0 bridgehead atoms. The van der Waals surface area contributed by atoms with Crippen LogP contribution in [-0.4, -0.2) is 34.9 Å². The molecule has 106 valence electrons. The van der Waals surface area contributed by atoms with Crippen molar-refractivity contribution in [1.29, 1.82) is 0 Å². The maximum absolute atomic E-state index is 11.5. The van der Waals surface area contributed by atoms with Gasteiger partial charge in [0.05, 0.1) is 12.2 Å². The summed E-state index contributed by atoms with van der Waals surface area (Å²) in [7, 11) is 0. The molecule has 1 aromatic heterocycles. The summed E-state index contributed by atoms with van der Waals surface area (Å²) < 4.78 is 5.55. The number of amides is 1. The molecule has 0 aromatic carbocycles. The van der Waals surface area contributed by atoms with Crippen LogP contribution in [0.15, 0.2) is 10.7 Å². The molecule has 1 fully saturated rings. The van der Waals surface area contributed by atoms with Crippen molar-refractivity contribution < 1.29 is 9.21 Å². The van der Waals surface area contributed by atoms with Crippen molar-refractivity contribution in [1.82, 2.24) is 15.2 Å². The standard InChI is InChI=1S/C14H23N3O2/c1-10-7-12(18)15-5-6-17(10)8-13-16-11(9-19-13)14(2,3)4/h9-10H,5-8H2,1-4H3,(H,15,18). The summed E-state index contributed by atoms with van der Waals surface area (Å²) in [6.45, 7) is 10.6. The predicted octanol–water partition coefficient (Wildman–Crippen LogP) is 1.68. The molecule has 0 aliphatic carbocycles. The number of hydrogen-bond donors (Lipinski definition) is 1. The first-order valence-corrected chi connectivity index (χ1v) is 6.82. The van der Waals surface area contributed by atoms with Gasteiger partial charge in [-0.3, -0.25) is 9.69 Å². The Labute approximate surface area is 114 Å². The monoisotopic (exact) mass is 265 g/mol. The van der Waals surface area contributed by atoms with E-state index in [4.69, 9.17) is 4.42 Å². The van der Waals surface area contributed by atoms with Gasteiger partial charge < -0.3 is 9.73 Å². The summed E-state index contributed by atoms with van der Waals surface area (Å²) in [6, 6.07) is 0.215. The van der Waals surface area contributed by atoms with Gasteiger partial charge in [-0.15, -0.1) is 0 Å². The van der Waals surface area contributed by atoms with Gasteiger partial charge in [-0.1, -0.05) is 20.8 Å². The SMILES string of the molecule is CC1CC(=O)NCCN1Cc1nc(C(C)(C)C)co1. The predicted molar refractivity (Wildman–Crippen MR) is 72.7 cm³/mol. The lowest BCUT2D eigenvalue weighted by molar-refractivity contribution is -0.121. The van der Waals surface area contributed by atoms with Crippen LogP contribution < -0.4 is 5.32 Å². The van der Waals surface area contributed by atoms with Crippen LogP contribution in [0.1, 0.15) is 45.7 Å². The molecule has 1 atom stereocenters. The highest BCUT2D eigenvalue weighted by Gasteiger charge is 2.24. The fourth-order valence-electron chi connectivity index (χ4n) is 2.17. The van der Waals surface area contributed by atoms with Gasteiger partial charge >= 0.3 is 0 Å². The van der Waals surface area contributed by atoms with Gasteiger partial charge in [-0.2, -0.15) is 0 Å². The number of nitrogens with zero attached hydrogens (tertiary/aromatic N) is 2. The molecule has 5 heteroatoms. The molecule has 1 amide bonds. The molecule has 1 N–H and O–H groups in total. The minimum atomic E-state index is 0.00365. The number of nitrogens with one attached hydrogen (secondary N) is 1. The number of rotatable bonds is 2. The summed E-state index contributed by atoms with van der Waals surface area (Å²) >= 11 is 0. The molecule has 0 radical (unpaired) electrons. The maximum atomic E-state index is 11.5. The Balaban J connectivity index is 2.04. The summed E-state index contributed by atoms with van der Waals surface area (Å²) in [6.07, 6.45) is 2.27. The van der Waals surface area contributed by atoms with E-state index in [1.807, 2.05) is 0 Å². The smallest absolute Gasteiger partial charge is 0.221 e. The Hall–Kier alpha value is -1.36. The lowest BCUT2D eigenvalue weighted by Gasteiger charge is -2.24. The molecule has 1 saturated heterocycles. The highest BCUT2D eigenvalue weighted by Crippen LogP contribution is 2.22. The number of carbonyl (C=O) groups excluding carboxylic acids is 1. The third-order valence-corrected chi connectivity index (χ3v) is 3.48. The van der Waals surface area contributed by atoms with E-state index in [-0.39, 0.29) is 17.4 Å². The minimum Gasteiger partial charge on any atom is -0.447 e. The highest BCUT2D eigenvalue weighted by molar-refractivity contribution is 5.76. The van der Waals surface area contributed by atoms with Gasteiger partial charge in [0.15, 0.2) is 0 Å². The zero-order valence-electron chi connectivity index (χ0n) is 12.2. The largest absolute Gasteiger partial charge is 0.447 e. The van der Waals surface area contributed by atoms with Crippen molar-refractivity contribution in [3.05, 3.63) is 17.8 Å². The molecule has 1 unspecified atom stereocenters. The van der Waals surface area contributed by atoms with E-state index in [1.165, 1.54) is 0 Å². The Kier molecular flexibility index (Phi) is 3.94. The lowest BCUT2D eigenvalue weighted by atomic mass is 9.93. The van der Waals surface area contributed by atoms with E-state index in [0.717, 1.165) is 18.1 Å². The fourth-order valence-corrected chi connectivity index (χ4v) is 2.17. The van der Waals surface area contributed by atoms with E-state index in [9.17, 15) is 4.79 Å². The van der Waals surface area contributed by atoms with Crippen molar-refractivity contribution in [2.75, 3.05) is 13.1 Å². The number of hydrogen-bond acceptors (Lipinski definition) is 4. The summed E-state index contributed by atoms with van der Waals surface area (Å²) in [5.41, 5.74) is 0.975. The van der Waals surface area contributed by atoms with Crippen molar-refractivity contribution in [2.45, 2.75) is 52.1 Å². The Morgan fingerprint density at radius 3 is 2.89 bits per heavy atom. The summed E-state index contributed by atoms with van der Waals surface area (Å²) in [4.78, 5) is 18.2. The Bertz CT molecular complexity index is 448. The highest BCUT2D eigenvalue weighted by atomic mass is 16.3. The molecule has 19 heavy (non-hydrogen) atoms. The molecular weight excluding hydrogens is 242 g/mol. The molecule has 0 saturated carbocycles. The van der Waals surface area contributed by atoms with E-state index < -0.39 is 0 Å². The van der Waals surface area contributed by atoms with Crippen LogP contribution in [0.3, 0.4) is 0 Å². The van der Waals surface area contributed by atoms with E-state index in [1.54, 1.807) is 6.26 Å². The second-order valence-electron chi connectivity index (χ2n) is 6.25. The quantitative estimate of drug-likeness (QED) is 0.884. The molecule has 1 aromatic rings. The van der Waals surface area contributed by atoms with E-state index in [2.05, 4.69) is 42.9 Å². The first-order valence-electron chi connectivity index (χ1n) is 6.82. The van der Waals surface area contributed by atoms with E-state index in [0.29, 0.717) is 19.5 Å². The average molecular weight is 265 g/mol. The second kappa shape index (κ2) is 5.33. The van der Waals surface area contributed by atoms with Crippen LogP contribution in [0.5, 0.6) is 0 Å². The summed E-state index contributed by atoms with van der Waals surface area (Å²) in [5, 5.41) is 2.89. The van der Waals surface area contributed by atoms with E-state index >= 15 is 0 Å². The Morgan fingerprint density at radius 2 is 2.26 bits per heavy atom. The first kappa shape index (κ1) is 14.1. The van der Waals surface area contributed by atoms with Gasteiger partial charge in [-0.05, 0) is 6.92 Å². The van der Waals surface area contributed by atoms with Crippen molar-refractivity contribution in [3.63, 3.8) is 0 Å². The zero-order valence-corrected chi connectivity index (χ0v) is 12.2.